The summed E-state index contributed by atoms with van der Waals surface area (Å²) in [6, 6.07) is 6.84. The molecule has 8 heteroatoms. The number of anilines is 1. The molecule has 4 heterocycles. The summed E-state index contributed by atoms with van der Waals surface area (Å²) in [4.78, 5) is 20.6. The molecule has 1 saturated heterocycles. The number of oxazole rings is 1. The van der Waals surface area contributed by atoms with Gasteiger partial charge in [0.15, 0.2) is 11.5 Å². The highest BCUT2D eigenvalue weighted by atomic mass is 16.3. The number of aryl methyl sites for hydroxylation is 2. The Morgan fingerprint density at radius 3 is 2.77 bits per heavy atom. The molecule has 1 saturated carbocycles. The Morgan fingerprint density at radius 2 is 1.94 bits per heavy atom. The van der Waals surface area contributed by atoms with Gasteiger partial charge in [0.25, 0.3) is 0 Å². The number of fused-ring (bicyclic) bond motifs is 2. The lowest BCUT2D eigenvalue weighted by molar-refractivity contribution is 0.473. The van der Waals surface area contributed by atoms with Gasteiger partial charge in [0, 0.05) is 43.2 Å². The molecule has 1 aromatic carbocycles. The van der Waals surface area contributed by atoms with Crippen molar-refractivity contribution in [3.8, 4) is 17.0 Å². The zero-order chi connectivity index (χ0) is 21.1. The van der Waals surface area contributed by atoms with Crippen LogP contribution < -0.4 is 10.2 Å². The maximum atomic E-state index is 10.7. The van der Waals surface area contributed by atoms with Gasteiger partial charge in [0.05, 0.1) is 17.4 Å². The molecule has 0 spiro atoms. The Hall–Kier alpha value is -3.26. The van der Waals surface area contributed by atoms with Crippen molar-refractivity contribution in [2.45, 2.75) is 45.2 Å². The maximum absolute atomic E-state index is 10.7. The van der Waals surface area contributed by atoms with E-state index in [1.165, 1.54) is 12.8 Å². The fourth-order valence-electron chi connectivity index (χ4n) is 4.39. The second-order valence-electron chi connectivity index (χ2n) is 8.62. The third-order valence-corrected chi connectivity index (χ3v) is 6.22. The topological polar surface area (TPSA) is 100 Å². The number of hydrogen-bond acceptors (Lipinski definition) is 8. The van der Waals surface area contributed by atoms with Gasteiger partial charge in [-0.3, -0.25) is 0 Å². The number of aromatic hydroxyl groups is 1. The monoisotopic (exact) mass is 416 g/mol. The van der Waals surface area contributed by atoms with Crippen molar-refractivity contribution >= 4 is 28.1 Å². The molecule has 8 nitrogen and oxygen atoms in total. The highest BCUT2D eigenvalue weighted by Crippen LogP contribution is 2.37. The van der Waals surface area contributed by atoms with Gasteiger partial charge in [-0.2, -0.15) is 0 Å². The number of benzene rings is 1. The summed E-state index contributed by atoms with van der Waals surface area (Å²) in [7, 11) is 0. The molecule has 1 aliphatic heterocycles. The fourth-order valence-corrected chi connectivity index (χ4v) is 4.39. The van der Waals surface area contributed by atoms with Crippen LogP contribution in [0.25, 0.3) is 33.4 Å². The van der Waals surface area contributed by atoms with E-state index in [1.54, 1.807) is 19.2 Å². The average molecular weight is 416 g/mol. The van der Waals surface area contributed by atoms with E-state index in [-0.39, 0.29) is 5.75 Å². The Morgan fingerprint density at radius 1 is 1.06 bits per heavy atom. The number of aromatic nitrogens is 4. The molecule has 31 heavy (non-hydrogen) atoms. The van der Waals surface area contributed by atoms with Crippen molar-refractivity contribution in [1.82, 2.24) is 25.3 Å². The van der Waals surface area contributed by atoms with Crippen LogP contribution in [0.3, 0.4) is 0 Å². The predicted octanol–water partition coefficient (Wildman–Crippen LogP) is 3.49. The summed E-state index contributed by atoms with van der Waals surface area (Å²) in [6.07, 6.45) is 5.49. The maximum Gasteiger partial charge on any atom is 0.226 e. The van der Waals surface area contributed by atoms with Gasteiger partial charge in [-0.25, -0.2) is 19.9 Å². The molecule has 3 aromatic heterocycles. The van der Waals surface area contributed by atoms with Crippen LogP contribution in [0.15, 0.2) is 28.8 Å². The Bertz CT molecular complexity index is 1310. The summed E-state index contributed by atoms with van der Waals surface area (Å²) in [5.41, 5.74) is 4.74. The molecule has 4 aromatic rings. The summed E-state index contributed by atoms with van der Waals surface area (Å²) >= 11 is 0. The second-order valence-corrected chi connectivity index (χ2v) is 8.62. The number of phenols is 1. The van der Waals surface area contributed by atoms with Crippen LogP contribution in [-0.4, -0.2) is 50.2 Å². The van der Waals surface area contributed by atoms with Gasteiger partial charge in [-0.1, -0.05) is 0 Å². The number of hydrogen-bond donors (Lipinski definition) is 2. The normalized spacial score (nSPS) is 19.0. The van der Waals surface area contributed by atoms with Crippen molar-refractivity contribution in [3.63, 3.8) is 0 Å². The average Bonchev–Trinajstić information content (AvgIpc) is 3.32. The molecule has 2 N–H and O–H groups in total. The number of nitrogens with one attached hydrogen (secondary N) is 1. The van der Waals surface area contributed by atoms with E-state index in [1.807, 2.05) is 19.1 Å². The van der Waals surface area contributed by atoms with E-state index < -0.39 is 0 Å². The number of nitrogens with zero attached hydrogens (tertiary/aromatic N) is 5. The zero-order valence-electron chi connectivity index (χ0n) is 17.6. The number of pyridine rings is 1. The summed E-state index contributed by atoms with van der Waals surface area (Å²) in [5, 5.41) is 14.4. The minimum absolute atomic E-state index is 0.163. The first-order valence-electron chi connectivity index (χ1n) is 10.8. The molecule has 158 valence electrons. The van der Waals surface area contributed by atoms with Gasteiger partial charge in [-0.15, -0.1) is 0 Å². The van der Waals surface area contributed by atoms with Crippen molar-refractivity contribution < 1.29 is 9.52 Å². The lowest BCUT2D eigenvalue weighted by Gasteiger charge is -2.17. The lowest BCUT2D eigenvalue weighted by Crippen LogP contribution is -2.34. The molecular formula is C23H24N6O2. The number of phenolic OH excluding ortho intramolecular Hbond substituents is 1. The van der Waals surface area contributed by atoms with Crippen molar-refractivity contribution in [1.29, 1.82) is 0 Å². The van der Waals surface area contributed by atoms with Crippen LogP contribution in [0.5, 0.6) is 5.75 Å². The first kappa shape index (κ1) is 18.5. The summed E-state index contributed by atoms with van der Waals surface area (Å²) in [5.74, 6) is 1.48. The predicted molar refractivity (Wildman–Crippen MR) is 118 cm³/mol. The van der Waals surface area contributed by atoms with E-state index in [2.05, 4.69) is 20.2 Å². The Labute approximate surface area is 179 Å². The van der Waals surface area contributed by atoms with Crippen molar-refractivity contribution in [3.05, 3.63) is 35.9 Å². The van der Waals surface area contributed by atoms with E-state index in [4.69, 9.17) is 14.4 Å². The first-order chi connectivity index (χ1) is 15.0. The highest BCUT2D eigenvalue weighted by molar-refractivity contribution is 5.89. The molecular weight excluding hydrogens is 392 g/mol. The first-order valence-corrected chi connectivity index (χ1v) is 10.8. The fraction of sp³-hybridized carbons (Fsp3) is 0.391. The molecule has 2 aliphatic rings. The third-order valence-electron chi connectivity index (χ3n) is 6.22. The smallest absolute Gasteiger partial charge is 0.226 e. The van der Waals surface area contributed by atoms with Crippen molar-refractivity contribution in [2.24, 2.45) is 0 Å². The van der Waals surface area contributed by atoms with E-state index in [0.29, 0.717) is 51.4 Å². The SMILES string of the molecule is Cc1nc2c(C)c(O)c(-c3ccc4nc(N5CC[C@H](NC6CC6)C5)ncc4n3)cc2o1. The summed E-state index contributed by atoms with van der Waals surface area (Å²) < 4.78 is 5.68. The molecule has 0 amide bonds. The van der Waals surface area contributed by atoms with Crippen LogP contribution in [-0.2, 0) is 0 Å². The van der Waals surface area contributed by atoms with Crippen LogP contribution in [0, 0.1) is 13.8 Å². The van der Waals surface area contributed by atoms with E-state index in [0.717, 1.165) is 31.0 Å². The minimum atomic E-state index is 0.163. The van der Waals surface area contributed by atoms with Crippen LogP contribution in [0.2, 0.25) is 0 Å². The van der Waals surface area contributed by atoms with Crippen LogP contribution in [0.1, 0.15) is 30.7 Å². The van der Waals surface area contributed by atoms with E-state index in [9.17, 15) is 5.11 Å². The van der Waals surface area contributed by atoms with Gasteiger partial charge in [-0.05, 0) is 44.4 Å². The Kier molecular flexibility index (Phi) is 4.11. The standard InChI is InChI=1S/C23H24N6O2/c1-12-21-20(31-13(2)25-21)9-16(22(12)30)17-5-6-18-19(27-17)10-24-23(28-18)29-8-7-15(11-29)26-14-3-4-14/h5-6,9-10,14-15,26,30H,3-4,7-8,11H2,1-2H3/t15-/m0/s1. The molecule has 0 unspecified atom stereocenters. The molecule has 1 aliphatic carbocycles. The molecule has 2 fully saturated rings. The highest BCUT2D eigenvalue weighted by Gasteiger charge is 2.30. The molecule has 0 bridgehead atoms. The summed E-state index contributed by atoms with van der Waals surface area (Å²) in [6.45, 7) is 5.54. The van der Waals surface area contributed by atoms with Gasteiger partial charge in [0.1, 0.15) is 16.8 Å². The molecule has 1 atom stereocenters. The quantitative estimate of drug-likeness (QED) is 0.522. The molecule has 0 radical (unpaired) electrons. The zero-order valence-corrected chi connectivity index (χ0v) is 17.6. The lowest BCUT2D eigenvalue weighted by atomic mass is 10.0. The minimum Gasteiger partial charge on any atom is -0.507 e. The molecule has 6 rings (SSSR count). The largest absolute Gasteiger partial charge is 0.507 e. The van der Waals surface area contributed by atoms with Crippen LogP contribution in [0.4, 0.5) is 5.95 Å². The Balaban J connectivity index is 1.32. The van der Waals surface area contributed by atoms with Crippen molar-refractivity contribution in [2.75, 3.05) is 18.0 Å². The van der Waals surface area contributed by atoms with Gasteiger partial charge < -0.3 is 19.7 Å². The van der Waals surface area contributed by atoms with E-state index >= 15 is 0 Å². The van der Waals surface area contributed by atoms with Gasteiger partial charge in [0.2, 0.25) is 5.95 Å². The number of rotatable bonds is 4. The second kappa shape index (κ2) is 6.88. The van der Waals surface area contributed by atoms with Crippen LogP contribution >= 0.6 is 0 Å². The van der Waals surface area contributed by atoms with Gasteiger partial charge >= 0.3 is 0 Å². The third kappa shape index (κ3) is 3.27.